The molecule has 2 fully saturated rings. The smallest absolute Gasteiger partial charge is 0.160 e. The zero-order valence-corrected chi connectivity index (χ0v) is 11.5. The molecule has 2 aliphatic rings. The molecule has 0 aliphatic carbocycles. The molecule has 0 unspecified atom stereocenters. The fourth-order valence-corrected chi connectivity index (χ4v) is 3.09. The molecule has 5 heteroatoms. The standard InChI is InChI=1S/C15H20F2N2O/c16-13-9-12(11-1-3-18-4-2-11)15(10-14(13)17)19-5-7-20-8-6-19/h9-11,18H,1-8H2. The van der Waals surface area contributed by atoms with Crippen LogP contribution in [0, 0.1) is 11.6 Å². The number of hydrogen-bond donors (Lipinski definition) is 1. The number of anilines is 1. The summed E-state index contributed by atoms with van der Waals surface area (Å²) >= 11 is 0. The van der Waals surface area contributed by atoms with E-state index in [4.69, 9.17) is 4.74 Å². The number of piperidine rings is 1. The lowest BCUT2D eigenvalue weighted by Crippen LogP contribution is -2.37. The summed E-state index contributed by atoms with van der Waals surface area (Å²) in [4.78, 5) is 2.11. The van der Waals surface area contributed by atoms with Crippen molar-refractivity contribution in [2.75, 3.05) is 44.3 Å². The molecule has 1 N–H and O–H groups in total. The third-order valence-corrected chi connectivity index (χ3v) is 4.20. The summed E-state index contributed by atoms with van der Waals surface area (Å²) in [7, 11) is 0. The SMILES string of the molecule is Fc1cc(C2CCNCC2)c(N2CCOCC2)cc1F. The van der Waals surface area contributed by atoms with Crippen LogP contribution in [0.5, 0.6) is 0 Å². The highest BCUT2D eigenvalue weighted by atomic mass is 19.2. The number of rotatable bonds is 2. The van der Waals surface area contributed by atoms with Crippen LogP contribution in [0.15, 0.2) is 12.1 Å². The monoisotopic (exact) mass is 282 g/mol. The highest BCUT2D eigenvalue weighted by Crippen LogP contribution is 2.35. The Morgan fingerprint density at radius 3 is 2.40 bits per heavy atom. The van der Waals surface area contributed by atoms with Crippen LogP contribution in [0.3, 0.4) is 0 Å². The molecule has 110 valence electrons. The molecular weight excluding hydrogens is 262 g/mol. The van der Waals surface area contributed by atoms with Gasteiger partial charge in [-0.05, 0) is 43.5 Å². The summed E-state index contributed by atoms with van der Waals surface area (Å²) in [6.07, 6.45) is 1.95. The maximum absolute atomic E-state index is 13.6. The molecule has 0 saturated carbocycles. The van der Waals surface area contributed by atoms with Crippen molar-refractivity contribution in [3.63, 3.8) is 0 Å². The minimum Gasteiger partial charge on any atom is -0.378 e. The predicted octanol–water partition coefficient (Wildman–Crippen LogP) is 2.27. The summed E-state index contributed by atoms with van der Waals surface area (Å²) < 4.78 is 32.6. The van der Waals surface area contributed by atoms with Crippen molar-refractivity contribution in [3.8, 4) is 0 Å². The van der Waals surface area contributed by atoms with Gasteiger partial charge in [-0.1, -0.05) is 0 Å². The van der Waals surface area contributed by atoms with Crippen molar-refractivity contribution >= 4 is 5.69 Å². The topological polar surface area (TPSA) is 24.5 Å². The van der Waals surface area contributed by atoms with E-state index in [0.717, 1.165) is 50.3 Å². The summed E-state index contributed by atoms with van der Waals surface area (Å²) in [5.41, 5.74) is 1.80. The van der Waals surface area contributed by atoms with Crippen molar-refractivity contribution in [1.82, 2.24) is 5.32 Å². The molecule has 2 heterocycles. The Labute approximate surface area is 117 Å². The first-order chi connectivity index (χ1) is 9.75. The van der Waals surface area contributed by atoms with Gasteiger partial charge in [0.25, 0.3) is 0 Å². The molecule has 1 aromatic carbocycles. The Morgan fingerprint density at radius 1 is 1.05 bits per heavy atom. The third kappa shape index (κ3) is 2.79. The maximum atomic E-state index is 13.6. The average molecular weight is 282 g/mol. The molecule has 20 heavy (non-hydrogen) atoms. The lowest BCUT2D eigenvalue weighted by molar-refractivity contribution is 0.122. The normalized spacial score (nSPS) is 21.2. The molecule has 0 aromatic heterocycles. The summed E-state index contributed by atoms with van der Waals surface area (Å²) in [5.74, 6) is -1.19. The summed E-state index contributed by atoms with van der Waals surface area (Å²) in [5, 5.41) is 3.31. The van der Waals surface area contributed by atoms with Gasteiger partial charge in [-0.15, -0.1) is 0 Å². The first kappa shape index (κ1) is 13.8. The minimum absolute atomic E-state index is 0.309. The molecular formula is C15H20F2N2O. The van der Waals surface area contributed by atoms with Crippen LogP contribution in [-0.2, 0) is 4.74 Å². The van der Waals surface area contributed by atoms with Gasteiger partial charge in [0.15, 0.2) is 11.6 Å². The molecule has 2 aliphatic heterocycles. The zero-order valence-electron chi connectivity index (χ0n) is 11.5. The van der Waals surface area contributed by atoms with Gasteiger partial charge >= 0.3 is 0 Å². The van der Waals surface area contributed by atoms with Crippen molar-refractivity contribution in [2.45, 2.75) is 18.8 Å². The average Bonchev–Trinajstić information content (AvgIpc) is 2.51. The molecule has 1 aromatic rings. The van der Waals surface area contributed by atoms with Crippen LogP contribution in [-0.4, -0.2) is 39.4 Å². The number of ether oxygens (including phenoxy) is 1. The highest BCUT2D eigenvalue weighted by Gasteiger charge is 2.24. The third-order valence-electron chi connectivity index (χ3n) is 4.20. The molecule has 0 spiro atoms. The highest BCUT2D eigenvalue weighted by molar-refractivity contribution is 5.56. The molecule has 0 amide bonds. The molecule has 2 saturated heterocycles. The number of nitrogens with one attached hydrogen (secondary N) is 1. The van der Waals surface area contributed by atoms with Gasteiger partial charge in [0.2, 0.25) is 0 Å². The van der Waals surface area contributed by atoms with Crippen LogP contribution >= 0.6 is 0 Å². The molecule has 0 bridgehead atoms. The molecule has 0 atom stereocenters. The van der Waals surface area contributed by atoms with Crippen LogP contribution < -0.4 is 10.2 Å². The van der Waals surface area contributed by atoms with E-state index in [-0.39, 0.29) is 0 Å². The van der Waals surface area contributed by atoms with Crippen molar-refractivity contribution in [1.29, 1.82) is 0 Å². The lowest BCUT2D eigenvalue weighted by Gasteiger charge is -2.33. The largest absolute Gasteiger partial charge is 0.378 e. The molecule has 3 nitrogen and oxygen atoms in total. The van der Waals surface area contributed by atoms with Gasteiger partial charge in [-0.25, -0.2) is 8.78 Å². The predicted molar refractivity (Wildman–Crippen MR) is 74.2 cm³/mol. The van der Waals surface area contributed by atoms with Crippen molar-refractivity contribution < 1.29 is 13.5 Å². The second kappa shape index (κ2) is 6.06. The number of benzene rings is 1. The first-order valence-electron chi connectivity index (χ1n) is 7.28. The molecule has 0 radical (unpaired) electrons. The van der Waals surface area contributed by atoms with Gasteiger partial charge in [0.05, 0.1) is 13.2 Å². The fraction of sp³-hybridized carbons (Fsp3) is 0.600. The van der Waals surface area contributed by atoms with E-state index in [9.17, 15) is 8.78 Å². The van der Waals surface area contributed by atoms with Crippen LogP contribution in [0.4, 0.5) is 14.5 Å². The van der Waals surface area contributed by atoms with Crippen molar-refractivity contribution in [2.24, 2.45) is 0 Å². The van der Waals surface area contributed by atoms with Gasteiger partial charge in [-0.2, -0.15) is 0 Å². The number of nitrogens with zero attached hydrogens (tertiary/aromatic N) is 1. The number of morpholine rings is 1. The van der Waals surface area contributed by atoms with E-state index < -0.39 is 11.6 Å². The Morgan fingerprint density at radius 2 is 1.70 bits per heavy atom. The van der Waals surface area contributed by atoms with Crippen LogP contribution in [0.2, 0.25) is 0 Å². The van der Waals surface area contributed by atoms with E-state index in [0.29, 0.717) is 19.1 Å². The Hall–Kier alpha value is -1.20. The zero-order chi connectivity index (χ0) is 13.9. The van der Waals surface area contributed by atoms with Crippen LogP contribution in [0.1, 0.15) is 24.3 Å². The van der Waals surface area contributed by atoms with Gasteiger partial charge < -0.3 is 15.0 Å². The molecule has 3 rings (SSSR count). The lowest BCUT2D eigenvalue weighted by atomic mass is 9.88. The van der Waals surface area contributed by atoms with E-state index >= 15 is 0 Å². The van der Waals surface area contributed by atoms with Gasteiger partial charge in [0.1, 0.15) is 0 Å². The second-order valence-electron chi connectivity index (χ2n) is 5.45. The van der Waals surface area contributed by atoms with E-state index in [1.807, 2.05) is 0 Å². The Bertz CT molecular complexity index is 426. The second-order valence-corrected chi connectivity index (χ2v) is 5.45. The minimum atomic E-state index is -0.760. The maximum Gasteiger partial charge on any atom is 0.160 e. The van der Waals surface area contributed by atoms with Gasteiger partial charge in [-0.3, -0.25) is 0 Å². The number of halogens is 2. The summed E-state index contributed by atoms with van der Waals surface area (Å²) in [6.45, 7) is 4.64. The van der Waals surface area contributed by atoms with E-state index in [1.165, 1.54) is 12.1 Å². The van der Waals surface area contributed by atoms with E-state index in [2.05, 4.69) is 10.2 Å². The van der Waals surface area contributed by atoms with Crippen LogP contribution in [0.25, 0.3) is 0 Å². The van der Waals surface area contributed by atoms with Crippen molar-refractivity contribution in [3.05, 3.63) is 29.3 Å². The quantitative estimate of drug-likeness (QED) is 0.900. The fourth-order valence-electron chi connectivity index (χ4n) is 3.09. The Kier molecular flexibility index (Phi) is 4.17. The Balaban J connectivity index is 1.94. The first-order valence-corrected chi connectivity index (χ1v) is 7.28. The van der Waals surface area contributed by atoms with E-state index in [1.54, 1.807) is 0 Å². The summed E-state index contributed by atoms with van der Waals surface area (Å²) in [6, 6.07) is 2.76. The van der Waals surface area contributed by atoms with Gasteiger partial charge in [0, 0.05) is 24.8 Å². The number of hydrogen-bond acceptors (Lipinski definition) is 3.